The molecule has 158 valence electrons. The highest BCUT2D eigenvalue weighted by Crippen LogP contribution is 2.30. The SMILES string of the molecule is Cc1c(NC(=O)c2ccc(NC(C)c3ccccn3)c([N+](=O)[O-])c2)cccc1[N+](=O)[O-]. The molecule has 0 spiro atoms. The molecule has 0 saturated heterocycles. The van der Waals surface area contributed by atoms with Crippen molar-refractivity contribution in [2.24, 2.45) is 0 Å². The number of hydrogen-bond acceptors (Lipinski definition) is 7. The lowest BCUT2D eigenvalue weighted by molar-refractivity contribution is -0.385. The summed E-state index contributed by atoms with van der Waals surface area (Å²) < 4.78 is 0. The van der Waals surface area contributed by atoms with Crippen molar-refractivity contribution < 1.29 is 14.6 Å². The topological polar surface area (TPSA) is 140 Å². The Balaban J connectivity index is 1.85. The first kappa shape index (κ1) is 21.4. The largest absolute Gasteiger partial charge is 0.371 e. The second kappa shape index (κ2) is 8.99. The molecule has 3 rings (SSSR count). The fraction of sp³-hybridized carbons (Fsp3) is 0.143. The van der Waals surface area contributed by atoms with Crippen LogP contribution >= 0.6 is 0 Å². The Morgan fingerprint density at radius 1 is 0.968 bits per heavy atom. The van der Waals surface area contributed by atoms with Crippen molar-refractivity contribution in [3.05, 3.63) is 97.8 Å². The molecule has 10 nitrogen and oxygen atoms in total. The van der Waals surface area contributed by atoms with Crippen LogP contribution < -0.4 is 10.6 Å². The Morgan fingerprint density at radius 3 is 2.35 bits per heavy atom. The van der Waals surface area contributed by atoms with E-state index in [9.17, 15) is 25.0 Å². The Hall–Kier alpha value is -4.34. The van der Waals surface area contributed by atoms with Crippen LogP contribution in [0.2, 0.25) is 0 Å². The molecule has 0 aliphatic carbocycles. The summed E-state index contributed by atoms with van der Waals surface area (Å²) >= 11 is 0. The van der Waals surface area contributed by atoms with E-state index in [1.807, 2.05) is 13.0 Å². The van der Waals surface area contributed by atoms with Crippen LogP contribution in [0, 0.1) is 27.2 Å². The van der Waals surface area contributed by atoms with Gasteiger partial charge in [0.25, 0.3) is 17.3 Å². The quantitative estimate of drug-likeness (QED) is 0.418. The first-order chi connectivity index (χ1) is 14.8. The lowest BCUT2D eigenvalue weighted by atomic mass is 10.1. The molecule has 0 fully saturated rings. The molecular formula is C21H19N5O5. The van der Waals surface area contributed by atoms with Gasteiger partial charge in [0.2, 0.25) is 0 Å². The summed E-state index contributed by atoms with van der Waals surface area (Å²) in [6.07, 6.45) is 1.63. The van der Waals surface area contributed by atoms with Crippen molar-refractivity contribution in [2.75, 3.05) is 10.6 Å². The highest BCUT2D eigenvalue weighted by Gasteiger charge is 2.21. The van der Waals surface area contributed by atoms with E-state index in [1.165, 1.54) is 37.3 Å². The van der Waals surface area contributed by atoms with E-state index in [0.29, 0.717) is 5.69 Å². The number of pyridine rings is 1. The van der Waals surface area contributed by atoms with Crippen molar-refractivity contribution in [1.82, 2.24) is 4.98 Å². The zero-order valence-corrected chi connectivity index (χ0v) is 16.7. The summed E-state index contributed by atoms with van der Waals surface area (Å²) in [7, 11) is 0. The number of hydrogen-bond donors (Lipinski definition) is 2. The third-order valence-corrected chi connectivity index (χ3v) is 4.71. The van der Waals surface area contributed by atoms with Gasteiger partial charge in [0.15, 0.2) is 0 Å². The van der Waals surface area contributed by atoms with Gasteiger partial charge in [-0.3, -0.25) is 30.0 Å². The molecule has 1 amide bonds. The molecule has 0 aliphatic heterocycles. The van der Waals surface area contributed by atoms with Crippen molar-refractivity contribution in [2.45, 2.75) is 19.9 Å². The maximum Gasteiger partial charge on any atom is 0.293 e. The predicted octanol–water partition coefficient (Wildman–Crippen LogP) is 4.63. The summed E-state index contributed by atoms with van der Waals surface area (Å²) in [5, 5.41) is 28.3. The predicted molar refractivity (Wildman–Crippen MR) is 115 cm³/mol. The second-order valence-electron chi connectivity index (χ2n) is 6.77. The van der Waals surface area contributed by atoms with Gasteiger partial charge in [0, 0.05) is 23.9 Å². The monoisotopic (exact) mass is 421 g/mol. The van der Waals surface area contributed by atoms with Gasteiger partial charge in [0.05, 0.1) is 32.8 Å². The Morgan fingerprint density at radius 2 is 1.71 bits per heavy atom. The Bertz CT molecular complexity index is 1150. The van der Waals surface area contributed by atoms with Gasteiger partial charge >= 0.3 is 0 Å². The molecule has 1 unspecified atom stereocenters. The molecule has 0 bridgehead atoms. The number of carbonyl (C=O) groups is 1. The molecule has 0 radical (unpaired) electrons. The van der Waals surface area contributed by atoms with E-state index >= 15 is 0 Å². The van der Waals surface area contributed by atoms with Crippen LogP contribution in [0.25, 0.3) is 0 Å². The van der Waals surface area contributed by atoms with Crippen molar-refractivity contribution in [3.8, 4) is 0 Å². The number of aromatic nitrogens is 1. The zero-order chi connectivity index (χ0) is 22.5. The number of amides is 1. The number of nitro benzene ring substituents is 2. The van der Waals surface area contributed by atoms with E-state index in [0.717, 1.165) is 6.07 Å². The minimum absolute atomic E-state index is 0.0497. The summed E-state index contributed by atoms with van der Waals surface area (Å²) in [5.41, 5.74) is 1.14. The standard InChI is InChI=1S/C21H19N5O5/c1-13-16(7-5-8-19(13)25(28)29)24-21(27)15-9-10-18(20(12-15)26(30)31)23-14(2)17-6-3-4-11-22-17/h3-12,14,23H,1-2H3,(H,24,27). The third kappa shape index (κ3) is 4.81. The fourth-order valence-corrected chi connectivity index (χ4v) is 3.04. The molecular weight excluding hydrogens is 402 g/mol. The maximum atomic E-state index is 12.6. The molecule has 2 N–H and O–H groups in total. The fourth-order valence-electron chi connectivity index (χ4n) is 3.04. The van der Waals surface area contributed by atoms with Gasteiger partial charge in [-0.2, -0.15) is 0 Å². The summed E-state index contributed by atoms with van der Waals surface area (Å²) in [6, 6.07) is 13.5. The van der Waals surface area contributed by atoms with Gasteiger partial charge in [0.1, 0.15) is 5.69 Å². The molecule has 1 atom stereocenters. The summed E-state index contributed by atoms with van der Waals surface area (Å²) in [5.74, 6) is -0.615. The van der Waals surface area contributed by atoms with E-state index in [1.54, 1.807) is 18.3 Å². The number of anilines is 2. The van der Waals surface area contributed by atoms with Crippen LogP contribution in [-0.4, -0.2) is 20.7 Å². The summed E-state index contributed by atoms with van der Waals surface area (Å²) in [4.78, 5) is 38.4. The number of nitrogens with zero attached hydrogens (tertiary/aromatic N) is 3. The molecule has 2 aromatic carbocycles. The van der Waals surface area contributed by atoms with Crippen LogP contribution in [0.4, 0.5) is 22.7 Å². The minimum Gasteiger partial charge on any atom is -0.371 e. The highest BCUT2D eigenvalue weighted by atomic mass is 16.6. The number of nitro groups is 2. The maximum absolute atomic E-state index is 12.6. The number of rotatable bonds is 7. The third-order valence-electron chi connectivity index (χ3n) is 4.71. The van der Waals surface area contributed by atoms with E-state index in [2.05, 4.69) is 15.6 Å². The molecule has 1 heterocycles. The normalized spacial score (nSPS) is 11.4. The van der Waals surface area contributed by atoms with Gasteiger partial charge in [-0.15, -0.1) is 0 Å². The van der Waals surface area contributed by atoms with E-state index in [-0.39, 0.29) is 39.9 Å². The summed E-state index contributed by atoms with van der Waals surface area (Å²) in [6.45, 7) is 3.33. The lowest BCUT2D eigenvalue weighted by Gasteiger charge is -2.15. The van der Waals surface area contributed by atoms with Gasteiger partial charge < -0.3 is 10.6 Å². The molecule has 3 aromatic rings. The van der Waals surface area contributed by atoms with Crippen LogP contribution in [-0.2, 0) is 0 Å². The molecule has 1 aromatic heterocycles. The van der Waals surface area contributed by atoms with Crippen LogP contribution in [0.5, 0.6) is 0 Å². The van der Waals surface area contributed by atoms with E-state index < -0.39 is 15.8 Å². The van der Waals surface area contributed by atoms with Crippen molar-refractivity contribution >= 4 is 28.7 Å². The smallest absolute Gasteiger partial charge is 0.293 e. The van der Waals surface area contributed by atoms with Gasteiger partial charge in [-0.25, -0.2) is 0 Å². The van der Waals surface area contributed by atoms with Gasteiger partial charge in [-0.1, -0.05) is 12.1 Å². The average molecular weight is 421 g/mol. The molecule has 0 saturated carbocycles. The number of benzene rings is 2. The molecule has 0 aliphatic rings. The minimum atomic E-state index is -0.615. The van der Waals surface area contributed by atoms with Crippen LogP contribution in [0.15, 0.2) is 60.8 Å². The number of carbonyl (C=O) groups excluding carboxylic acids is 1. The van der Waals surface area contributed by atoms with Crippen molar-refractivity contribution in [3.63, 3.8) is 0 Å². The molecule has 10 heteroatoms. The van der Waals surface area contributed by atoms with Crippen LogP contribution in [0.1, 0.15) is 34.6 Å². The molecule has 31 heavy (non-hydrogen) atoms. The second-order valence-corrected chi connectivity index (χ2v) is 6.77. The first-order valence-corrected chi connectivity index (χ1v) is 9.29. The zero-order valence-electron chi connectivity index (χ0n) is 16.7. The van der Waals surface area contributed by atoms with Gasteiger partial charge in [-0.05, 0) is 44.2 Å². The average Bonchev–Trinajstić information content (AvgIpc) is 2.75. The van der Waals surface area contributed by atoms with Crippen LogP contribution in [0.3, 0.4) is 0 Å². The lowest BCUT2D eigenvalue weighted by Crippen LogP contribution is -2.14. The Kier molecular flexibility index (Phi) is 6.20. The first-order valence-electron chi connectivity index (χ1n) is 9.29. The van der Waals surface area contributed by atoms with Crippen molar-refractivity contribution in [1.29, 1.82) is 0 Å². The number of nitrogens with one attached hydrogen (secondary N) is 2. The Labute approximate surface area is 177 Å². The highest BCUT2D eigenvalue weighted by molar-refractivity contribution is 6.05. The van der Waals surface area contributed by atoms with E-state index in [4.69, 9.17) is 0 Å².